The first-order valence-electron chi connectivity index (χ1n) is 9.74. The first-order valence-corrected chi connectivity index (χ1v) is 9.74. The van der Waals surface area contributed by atoms with E-state index in [4.69, 9.17) is 9.15 Å². The van der Waals surface area contributed by atoms with Gasteiger partial charge in [0.2, 0.25) is 11.6 Å². The van der Waals surface area contributed by atoms with Gasteiger partial charge in [-0.25, -0.2) is 9.78 Å². The second-order valence-corrected chi connectivity index (χ2v) is 7.53. The molecule has 1 saturated carbocycles. The molecule has 3 rings (SSSR count). The molecule has 0 aliphatic heterocycles. The molecule has 0 radical (unpaired) electrons. The van der Waals surface area contributed by atoms with Gasteiger partial charge < -0.3 is 14.1 Å². The van der Waals surface area contributed by atoms with Crippen molar-refractivity contribution < 1.29 is 18.7 Å². The molecule has 1 fully saturated rings. The van der Waals surface area contributed by atoms with E-state index in [-0.39, 0.29) is 47.5 Å². The van der Waals surface area contributed by atoms with E-state index in [2.05, 4.69) is 11.9 Å². The summed E-state index contributed by atoms with van der Waals surface area (Å²) in [5, 5.41) is 0.0559. The summed E-state index contributed by atoms with van der Waals surface area (Å²) in [6.45, 7) is 5.55. The number of aryl methyl sites for hydroxylation is 1. The molecule has 1 aliphatic carbocycles. The predicted octanol–water partition coefficient (Wildman–Crippen LogP) is 2.51. The number of fused-ring (bicyclic) bond motifs is 1. The molecule has 0 bridgehead atoms. The summed E-state index contributed by atoms with van der Waals surface area (Å²) in [7, 11) is 1.78. The molecule has 2 aromatic heterocycles. The maximum atomic E-state index is 12.9. The van der Waals surface area contributed by atoms with Crippen LogP contribution < -0.4 is 5.56 Å². The highest BCUT2D eigenvalue weighted by atomic mass is 16.5. The minimum atomic E-state index is -0.629. The van der Waals surface area contributed by atoms with E-state index in [9.17, 15) is 14.4 Å². The Kier molecular flexibility index (Phi) is 5.86. The molecule has 0 unspecified atom stereocenters. The molecule has 152 valence electrons. The summed E-state index contributed by atoms with van der Waals surface area (Å²) in [5.41, 5.74) is -0.335. The average molecular weight is 389 g/mol. The number of amides is 1. The van der Waals surface area contributed by atoms with E-state index in [1.165, 1.54) is 10.9 Å². The van der Waals surface area contributed by atoms with E-state index in [1.807, 2.05) is 0 Å². The quantitative estimate of drug-likeness (QED) is 0.729. The molecule has 1 aliphatic rings. The van der Waals surface area contributed by atoms with Crippen LogP contribution in [0.2, 0.25) is 0 Å². The lowest BCUT2D eigenvalue weighted by Crippen LogP contribution is -2.42. The zero-order chi connectivity index (χ0) is 20.4. The third-order valence-corrected chi connectivity index (χ3v) is 5.57. The Morgan fingerprint density at radius 3 is 2.64 bits per heavy atom. The van der Waals surface area contributed by atoms with Gasteiger partial charge >= 0.3 is 5.97 Å². The normalized spacial score (nSPS) is 19.6. The Hall–Kier alpha value is -2.64. The molecule has 0 atom stereocenters. The molecule has 2 heterocycles. The Labute approximate surface area is 163 Å². The molecule has 0 spiro atoms. The van der Waals surface area contributed by atoms with Crippen LogP contribution in [0.4, 0.5) is 0 Å². The Morgan fingerprint density at radius 1 is 1.32 bits per heavy atom. The fraction of sp³-hybridized carbons (Fsp3) is 0.600. The van der Waals surface area contributed by atoms with Crippen molar-refractivity contribution in [1.82, 2.24) is 14.5 Å². The number of hydrogen-bond donors (Lipinski definition) is 0. The van der Waals surface area contributed by atoms with E-state index in [0.29, 0.717) is 5.92 Å². The molecule has 2 aromatic rings. The highest BCUT2D eigenvalue weighted by molar-refractivity contribution is 6.03. The van der Waals surface area contributed by atoms with Crippen LogP contribution in [-0.4, -0.2) is 46.0 Å². The maximum absolute atomic E-state index is 12.9. The number of carbonyl (C=O) groups excluding carboxylic acids is 2. The topological polar surface area (TPSA) is 94.6 Å². The molecule has 8 nitrogen and oxygen atoms in total. The van der Waals surface area contributed by atoms with Crippen LogP contribution in [0.15, 0.2) is 15.5 Å². The molecular weight excluding hydrogens is 362 g/mol. The number of hydrogen-bond acceptors (Lipinski definition) is 6. The fourth-order valence-electron chi connectivity index (χ4n) is 3.79. The summed E-state index contributed by atoms with van der Waals surface area (Å²) in [5.74, 6) is 0.186. The zero-order valence-corrected chi connectivity index (χ0v) is 16.9. The first kappa shape index (κ1) is 20.1. The largest absolute Gasteiger partial charge is 0.462 e. The lowest BCUT2D eigenvalue weighted by atomic mass is 9.87. The zero-order valence-electron chi connectivity index (χ0n) is 16.9. The van der Waals surface area contributed by atoms with Gasteiger partial charge in [-0.2, -0.15) is 0 Å². The number of rotatable bonds is 5. The number of ether oxygens (including phenoxy) is 1. The maximum Gasteiger partial charge on any atom is 0.342 e. The van der Waals surface area contributed by atoms with Crippen molar-refractivity contribution in [3.8, 4) is 0 Å². The Bertz CT molecular complexity index is 937. The van der Waals surface area contributed by atoms with Crippen LogP contribution in [0.1, 0.15) is 55.6 Å². The first-order chi connectivity index (χ1) is 13.3. The number of likely N-dealkylation sites (N-methyl/N-ethyl adjacent to an activating group) is 1. The molecule has 0 saturated heterocycles. The van der Waals surface area contributed by atoms with Crippen molar-refractivity contribution in [3.63, 3.8) is 0 Å². The summed E-state index contributed by atoms with van der Waals surface area (Å²) < 4.78 is 11.7. The van der Waals surface area contributed by atoms with Gasteiger partial charge in [-0.3, -0.25) is 14.2 Å². The molecule has 0 aromatic carbocycles. The molecule has 0 N–H and O–H groups in total. The van der Waals surface area contributed by atoms with Crippen molar-refractivity contribution >= 4 is 23.0 Å². The number of esters is 1. The molecule has 8 heteroatoms. The Balaban J connectivity index is 1.86. The summed E-state index contributed by atoms with van der Waals surface area (Å²) >= 11 is 0. The SMILES string of the molecule is CCOC(=O)c1c(C)oc2ncn(CC(=O)N(C)C3CCC(C)CC3)c(=O)c12. The third kappa shape index (κ3) is 3.81. The van der Waals surface area contributed by atoms with Gasteiger partial charge in [-0.1, -0.05) is 6.92 Å². The average Bonchev–Trinajstić information content (AvgIpc) is 3.01. The summed E-state index contributed by atoms with van der Waals surface area (Å²) in [6.07, 6.45) is 5.45. The van der Waals surface area contributed by atoms with Crippen molar-refractivity contribution in [2.75, 3.05) is 13.7 Å². The molecular formula is C20H27N3O5. The van der Waals surface area contributed by atoms with E-state index >= 15 is 0 Å². The van der Waals surface area contributed by atoms with E-state index in [0.717, 1.165) is 25.7 Å². The van der Waals surface area contributed by atoms with Crippen molar-refractivity contribution in [3.05, 3.63) is 28.0 Å². The van der Waals surface area contributed by atoms with Gasteiger partial charge in [0.25, 0.3) is 5.56 Å². The van der Waals surface area contributed by atoms with Gasteiger partial charge in [-0.05, 0) is 45.4 Å². The van der Waals surface area contributed by atoms with Crippen molar-refractivity contribution in [2.45, 2.75) is 59.0 Å². The number of aromatic nitrogens is 2. The second-order valence-electron chi connectivity index (χ2n) is 7.53. The van der Waals surface area contributed by atoms with Crippen LogP contribution >= 0.6 is 0 Å². The van der Waals surface area contributed by atoms with Crippen LogP contribution in [0.25, 0.3) is 11.1 Å². The van der Waals surface area contributed by atoms with Gasteiger partial charge in [0, 0.05) is 13.1 Å². The van der Waals surface area contributed by atoms with Crippen molar-refractivity contribution in [1.29, 1.82) is 0 Å². The smallest absolute Gasteiger partial charge is 0.342 e. The monoisotopic (exact) mass is 389 g/mol. The third-order valence-electron chi connectivity index (χ3n) is 5.57. The van der Waals surface area contributed by atoms with Crippen LogP contribution in [0.3, 0.4) is 0 Å². The van der Waals surface area contributed by atoms with Crippen molar-refractivity contribution in [2.24, 2.45) is 5.92 Å². The highest BCUT2D eigenvalue weighted by Gasteiger charge is 2.27. The summed E-state index contributed by atoms with van der Waals surface area (Å²) in [4.78, 5) is 43.7. The van der Waals surface area contributed by atoms with Gasteiger partial charge in [0.15, 0.2) is 0 Å². The second kappa shape index (κ2) is 8.16. The lowest BCUT2D eigenvalue weighted by molar-refractivity contribution is -0.133. The Morgan fingerprint density at radius 2 is 2.00 bits per heavy atom. The predicted molar refractivity (Wildman–Crippen MR) is 103 cm³/mol. The van der Waals surface area contributed by atoms with E-state index < -0.39 is 11.5 Å². The number of furan rings is 1. The lowest BCUT2D eigenvalue weighted by Gasteiger charge is -2.33. The minimum Gasteiger partial charge on any atom is -0.462 e. The van der Waals surface area contributed by atoms with Crippen LogP contribution in [0, 0.1) is 12.8 Å². The van der Waals surface area contributed by atoms with Gasteiger partial charge in [-0.15, -0.1) is 0 Å². The number of nitrogens with zero attached hydrogens (tertiary/aromatic N) is 3. The van der Waals surface area contributed by atoms with Crippen LogP contribution in [0.5, 0.6) is 0 Å². The van der Waals surface area contributed by atoms with Gasteiger partial charge in [0.1, 0.15) is 29.6 Å². The highest BCUT2D eigenvalue weighted by Crippen LogP contribution is 2.26. The van der Waals surface area contributed by atoms with Crippen LogP contribution in [-0.2, 0) is 16.1 Å². The number of carbonyl (C=O) groups is 2. The molecule has 28 heavy (non-hydrogen) atoms. The van der Waals surface area contributed by atoms with Gasteiger partial charge in [0.05, 0.1) is 6.61 Å². The summed E-state index contributed by atoms with van der Waals surface area (Å²) in [6, 6.07) is 0.197. The van der Waals surface area contributed by atoms with E-state index in [1.54, 1.807) is 25.8 Å². The fourth-order valence-corrected chi connectivity index (χ4v) is 3.79. The standard InChI is InChI=1S/C20H27N3O5/c1-5-27-20(26)16-13(3)28-18-17(16)19(25)23(11-21-18)10-15(24)22(4)14-8-6-12(2)7-9-14/h11-12,14H,5-10H2,1-4H3. The minimum absolute atomic E-state index is 0.0559. The molecule has 1 amide bonds.